The quantitative estimate of drug-likeness (QED) is 0.892. The average Bonchev–Trinajstić information content (AvgIpc) is 2.18. The molecule has 0 atom stereocenters. The highest BCUT2D eigenvalue weighted by atomic mass is 19.1. The summed E-state index contributed by atoms with van der Waals surface area (Å²) >= 11 is 0. The van der Waals surface area contributed by atoms with Gasteiger partial charge >= 0.3 is 6.09 Å². The Hall–Kier alpha value is -1.62. The molecule has 1 rings (SSSR count). The van der Waals surface area contributed by atoms with Crippen molar-refractivity contribution >= 4 is 11.8 Å². The molecular weight excluding hydrogens is 259 g/mol. The van der Waals surface area contributed by atoms with E-state index in [-0.39, 0.29) is 5.69 Å². The minimum absolute atomic E-state index is 0.0981. The minimum Gasteiger partial charge on any atom is -0.444 e. The molecule has 4 nitrogen and oxygen atoms in total. The lowest BCUT2D eigenvalue weighted by Gasteiger charge is -2.21. The van der Waals surface area contributed by atoms with Crippen molar-refractivity contribution in [3.8, 4) is 0 Å². The van der Waals surface area contributed by atoms with Gasteiger partial charge in [-0.25, -0.2) is 9.18 Å². The van der Waals surface area contributed by atoms with Crippen LogP contribution < -0.4 is 11.1 Å². The van der Waals surface area contributed by atoms with Crippen molar-refractivity contribution in [3.05, 3.63) is 29.6 Å². The summed E-state index contributed by atoms with van der Waals surface area (Å²) in [5.41, 5.74) is 5.85. The normalized spacial score (nSPS) is 12.2. The third-order valence-electron chi connectivity index (χ3n) is 2.33. The van der Waals surface area contributed by atoms with E-state index in [9.17, 15) is 9.18 Å². The summed E-state index contributed by atoms with van der Waals surface area (Å²) in [7, 11) is 0. The molecule has 0 radical (unpaired) electrons. The first kappa shape index (κ1) is 16.4. The molecule has 0 aliphatic carbocycles. The highest BCUT2D eigenvalue weighted by Crippen LogP contribution is 2.20. The molecule has 0 heterocycles. The molecule has 1 aromatic rings. The predicted octanol–water partition coefficient (Wildman–Crippen LogP) is 3.45. The molecule has 5 heteroatoms. The van der Waals surface area contributed by atoms with Crippen LogP contribution >= 0.6 is 0 Å². The third-order valence-corrected chi connectivity index (χ3v) is 2.33. The van der Waals surface area contributed by atoms with Gasteiger partial charge in [-0.1, -0.05) is 6.07 Å². The second-order valence-electron chi connectivity index (χ2n) is 6.61. The van der Waals surface area contributed by atoms with Crippen molar-refractivity contribution in [2.24, 2.45) is 5.73 Å². The van der Waals surface area contributed by atoms with Crippen molar-refractivity contribution in [2.45, 2.75) is 52.2 Å². The van der Waals surface area contributed by atoms with E-state index >= 15 is 0 Å². The summed E-state index contributed by atoms with van der Waals surface area (Å²) in [6.45, 7) is 9.01. The van der Waals surface area contributed by atoms with Gasteiger partial charge in [0.1, 0.15) is 11.4 Å². The third kappa shape index (κ3) is 6.02. The van der Waals surface area contributed by atoms with Crippen LogP contribution in [0.4, 0.5) is 14.9 Å². The molecule has 20 heavy (non-hydrogen) atoms. The van der Waals surface area contributed by atoms with Crippen LogP contribution in [0.3, 0.4) is 0 Å². The largest absolute Gasteiger partial charge is 0.444 e. The summed E-state index contributed by atoms with van der Waals surface area (Å²) in [5.74, 6) is -0.505. The fourth-order valence-corrected chi connectivity index (χ4v) is 1.72. The average molecular weight is 282 g/mol. The fraction of sp³-hybridized carbons (Fsp3) is 0.533. The number of ether oxygens (including phenoxy) is 1. The van der Waals surface area contributed by atoms with E-state index in [0.29, 0.717) is 6.42 Å². The van der Waals surface area contributed by atoms with E-state index in [2.05, 4.69) is 5.32 Å². The van der Waals surface area contributed by atoms with Gasteiger partial charge < -0.3 is 10.5 Å². The molecule has 0 fully saturated rings. The first-order chi connectivity index (χ1) is 8.96. The van der Waals surface area contributed by atoms with E-state index in [1.807, 2.05) is 13.8 Å². The SMILES string of the molecule is CC(C)(N)Cc1ccc(F)c(NC(=O)OC(C)(C)C)c1. The first-order valence-electron chi connectivity index (χ1n) is 6.54. The predicted molar refractivity (Wildman–Crippen MR) is 78.2 cm³/mol. The van der Waals surface area contributed by atoms with Crippen LogP contribution in [0.1, 0.15) is 40.2 Å². The fourth-order valence-electron chi connectivity index (χ4n) is 1.72. The maximum absolute atomic E-state index is 13.7. The summed E-state index contributed by atoms with van der Waals surface area (Å²) in [4.78, 5) is 11.7. The number of anilines is 1. The highest BCUT2D eigenvalue weighted by Gasteiger charge is 2.18. The Morgan fingerprint density at radius 3 is 2.40 bits per heavy atom. The lowest BCUT2D eigenvalue weighted by molar-refractivity contribution is 0.0635. The first-order valence-corrected chi connectivity index (χ1v) is 6.54. The molecule has 0 unspecified atom stereocenters. The molecule has 0 saturated carbocycles. The second kappa shape index (κ2) is 5.79. The number of carbonyl (C=O) groups is 1. The standard InChI is InChI=1S/C15H23FN2O2/c1-14(2,3)20-13(19)18-12-8-10(6-7-11(12)16)9-15(4,5)17/h6-8H,9,17H2,1-5H3,(H,18,19). The second-order valence-corrected chi connectivity index (χ2v) is 6.61. The number of halogens is 1. The number of nitrogens with one attached hydrogen (secondary N) is 1. The summed E-state index contributed by atoms with van der Waals surface area (Å²) in [5, 5.41) is 2.42. The molecule has 0 aliphatic heterocycles. The van der Waals surface area contributed by atoms with Crippen molar-refractivity contribution in [1.82, 2.24) is 0 Å². The van der Waals surface area contributed by atoms with Crippen LogP contribution in [0.5, 0.6) is 0 Å². The van der Waals surface area contributed by atoms with Crippen LogP contribution in [0, 0.1) is 5.82 Å². The number of hydrogen-bond donors (Lipinski definition) is 2. The Morgan fingerprint density at radius 2 is 1.90 bits per heavy atom. The van der Waals surface area contributed by atoms with Crippen molar-refractivity contribution < 1.29 is 13.9 Å². The van der Waals surface area contributed by atoms with Gasteiger partial charge in [-0.05, 0) is 58.7 Å². The van der Waals surface area contributed by atoms with E-state index in [1.54, 1.807) is 32.9 Å². The minimum atomic E-state index is -0.680. The van der Waals surface area contributed by atoms with Gasteiger partial charge in [-0.2, -0.15) is 0 Å². The monoisotopic (exact) mass is 282 g/mol. The summed E-state index contributed by atoms with van der Waals surface area (Å²) in [6.07, 6.45) is -0.100. The van der Waals surface area contributed by atoms with Gasteiger partial charge in [0.2, 0.25) is 0 Å². The van der Waals surface area contributed by atoms with Gasteiger partial charge in [-0.15, -0.1) is 0 Å². The molecule has 0 saturated heterocycles. The van der Waals surface area contributed by atoms with Gasteiger partial charge in [0.05, 0.1) is 5.69 Å². The maximum Gasteiger partial charge on any atom is 0.412 e. The van der Waals surface area contributed by atoms with E-state index in [0.717, 1.165) is 5.56 Å². The number of nitrogens with two attached hydrogens (primary N) is 1. The zero-order chi connectivity index (χ0) is 15.6. The number of rotatable bonds is 3. The van der Waals surface area contributed by atoms with E-state index in [4.69, 9.17) is 10.5 Å². The summed E-state index contributed by atoms with van der Waals surface area (Å²) < 4.78 is 18.8. The van der Waals surface area contributed by atoms with Crippen LogP contribution in [0.2, 0.25) is 0 Å². The molecular formula is C15H23FN2O2. The zero-order valence-electron chi connectivity index (χ0n) is 12.7. The van der Waals surface area contributed by atoms with Gasteiger partial charge in [0, 0.05) is 5.54 Å². The maximum atomic E-state index is 13.7. The molecule has 1 amide bonds. The van der Waals surface area contributed by atoms with E-state index in [1.165, 1.54) is 6.07 Å². The molecule has 0 aromatic heterocycles. The Balaban J connectivity index is 2.84. The lowest BCUT2D eigenvalue weighted by atomic mass is 9.96. The van der Waals surface area contributed by atoms with E-state index < -0.39 is 23.1 Å². The van der Waals surface area contributed by atoms with Crippen LogP contribution in [0.25, 0.3) is 0 Å². The molecule has 0 aliphatic rings. The number of hydrogen-bond acceptors (Lipinski definition) is 3. The molecule has 0 bridgehead atoms. The summed E-state index contributed by atoms with van der Waals surface area (Å²) in [6, 6.07) is 4.55. The van der Waals surface area contributed by atoms with Crippen molar-refractivity contribution in [2.75, 3.05) is 5.32 Å². The molecule has 0 spiro atoms. The van der Waals surface area contributed by atoms with Gasteiger partial charge in [-0.3, -0.25) is 5.32 Å². The Morgan fingerprint density at radius 1 is 1.30 bits per heavy atom. The lowest BCUT2D eigenvalue weighted by Crippen LogP contribution is -2.34. The van der Waals surface area contributed by atoms with Crippen LogP contribution in [0.15, 0.2) is 18.2 Å². The van der Waals surface area contributed by atoms with Crippen molar-refractivity contribution in [1.29, 1.82) is 0 Å². The smallest absolute Gasteiger partial charge is 0.412 e. The zero-order valence-corrected chi connectivity index (χ0v) is 12.7. The Kier molecular flexibility index (Phi) is 4.76. The number of benzene rings is 1. The van der Waals surface area contributed by atoms with Crippen LogP contribution in [-0.2, 0) is 11.2 Å². The van der Waals surface area contributed by atoms with Crippen LogP contribution in [-0.4, -0.2) is 17.2 Å². The number of amides is 1. The Bertz CT molecular complexity index is 488. The highest BCUT2D eigenvalue weighted by molar-refractivity contribution is 5.85. The molecule has 3 N–H and O–H groups in total. The Labute approximate surface area is 119 Å². The number of carbonyl (C=O) groups excluding carboxylic acids is 1. The van der Waals surface area contributed by atoms with Gasteiger partial charge in [0.25, 0.3) is 0 Å². The molecule has 1 aromatic carbocycles. The molecule has 112 valence electrons. The van der Waals surface area contributed by atoms with Gasteiger partial charge in [0.15, 0.2) is 0 Å². The van der Waals surface area contributed by atoms with Crippen molar-refractivity contribution in [3.63, 3.8) is 0 Å². The topological polar surface area (TPSA) is 64.3 Å².